The molecular formula is C16H9Cl3FNO2. The lowest BCUT2D eigenvalue weighted by atomic mass is 10.0. The second-order valence-corrected chi connectivity index (χ2v) is 6.20. The first-order chi connectivity index (χ1) is 10.9. The molecule has 0 aliphatic carbocycles. The minimum atomic E-state index is -1.04. The fourth-order valence-electron chi connectivity index (χ4n) is 2.53. The van der Waals surface area contributed by atoms with E-state index in [1.807, 2.05) is 0 Å². The van der Waals surface area contributed by atoms with Crippen LogP contribution in [0.2, 0.25) is 15.1 Å². The van der Waals surface area contributed by atoms with Crippen LogP contribution in [0.25, 0.3) is 22.0 Å². The van der Waals surface area contributed by atoms with E-state index in [4.69, 9.17) is 39.9 Å². The molecular weight excluding hydrogens is 364 g/mol. The number of carboxylic acid groups (broad SMARTS) is 1. The van der Waals surface area contributed by atoms with E-state index in [2.05, 4.69) is 4.98 Å². The number of H-pyrrole nitrogens is 1. The Morgan fingerprint density at radius 1 is 1.09 bits per heavy atom. The van der Waals surface area contributed by atoms with Gasteiger partial charge in [-0.1, -0.05) is 34.8 Å². The van der Waals surface area contributed by atoms with Gasteiger partial charge in [-0.05, 0) is 29.8 Å². The minimum Gasteiger partial charge on any atom is -0.481 e. The van der Waals surface area contributed by atoms with Gasteiger partial charge < -0.3 is 10.1 Å². The van der Waals surface area contributed by atoms with Gasteiger partial charge in [0.15, 0.2) is 0 Å². The van der Waals surface area contributed by atoms with Crippen molar-refractivity contribution in [2.24, 2.45) is 0 Å². The van der Waals surface area contributed by atoms with Crippen LogP contribution < -0.4 is 0 Å². The van der Waals surface area contributed by atoms with Crippen molar-refractivity contribution in [1.82, 2.24) is 4.98 Å². The van der Waals surface area contributed by atoms with Crippen molar-refractivity contribution in [2.45, 2.75) is 6.42 Å². The van der Waals surface area contributed by atoms with E-state index in [1.54, 1.807) is 12.1 Å². The van der Waals surface area contributed by atoms with Crippen molar-refractivity contribution in [3.05, 3.63) is 56.9 Å². The maximum absolute atomic E-state index is 14.2. The smallest absolute Gasteiger partial charge is 0.307 e. The topological polar surface area (TPSA) is 53.1 Å². The highest BCUT2D eigenvalue weighted by Crippen LogP contribution is 2.39. The number of hydrogen-bond donors (Lipinski definition) is 2. The summed E-state index contributed by atoms with van der Waals surface area (Å²) in [4.78, 5) is 13.8. The summed E-state index contributed by atoms with van der Waals surface area (Å²) < 4.78 is 14.2. The van der Waals surface area contributed by atoms with Crippen molar-refractivity contribution in [3.63, 3.8) is 0 Å². The van der Waals surface area contributed by atoms with Gasteiger partial charge in [0.05, 0.1) is 27.0 Å². The normalized spacial score (nSPS) is 11.1. The lowest BCUT2D eigenvalue weighted by molar-refractivity contribution is -0.136. The first kappa shape index (κ1) is 16.1. The molecule has 2 aromatic carbocycles. The third kappa shape index (κ3) is 2.90. The number of aromatic amines is 1. The molecule has 0 saturated heterocycles. The summed E-state index contributed by atoms with van der Waals surface area (Å²) in [5.74, 6) is -1.54. The summed E-state index contributed by atoms with van der Waals surface area (Å²) in [7, 11) is 0. The number of carboxylic acids is 1. The van der Waals surface area contributed by atoms with Crippen LogP contribution in [-0.2, 0) is 11.2 Å². The third-order valence-electron chi connectivity index (χ3n) is 3.51. The van der Waals surface area contributed by atoms with E-state index >= 15 is 0 Å². The van der Waals surface area contributed by atoms with E-state index in [-0.39, 0.29) is 11.8 Å². The van der Waals surface area contributed by atoms with Crippen LogP contribution in [0.1, 0.15) is 5.56 Å². The Labute approximate surface area is 145 Å². The Balaban J connectivity index is 2.28. The summed E-state index contributed by atoms with van der Waals surface area (Å²) in [5.41, 5.74) is 2.01. The molecule has 1 heterocycles. The SMILES string of the molecule is O=C(O)Cc1c[nH]c2c(-c3cc(Cl)c(Cl)cc3Cl)ccc(F)c12. The highest BCUT2D eigenvalue weighted by molar-refractivity contribution is 6.44. The molecule has 2 N–H and O–H groups in total. The molecule has 7 heteroatoms. The van der Waals surface area contributed by atoms with Gasteiger partial charge in [-0.3, -0.25) is 4.79 Å². The fourth-order valence-corrected chi connectivity index (χ4v) is 3.18. The number of nitrogens with one attached hydrogen (secondary N) is 1. The number of halogens is 4. The monoisotopic (exact) mass is 371 g/mol. The molecule has 0 atom stereocenters. The second kappa shape index (κ2) is 6.04. The number of rotatable bonds is 3. The highest BCUT2D eigenvalue weighted by atomic mass is 35.5. The average Bonchev–Trinajstić information content (AvgIpc) is 2.88. The molecule has 3 rings (SSSR count). The number of aliphatic carboxylic acids is 1. The second-order valence-electron chi connectivity index (χ2n) is 4.98. The molecule has 23 heavy (non-hydrogen) atoms. The lowest BCUT2D eigenvalue weighted by Gasteiger charge is -2.09. The first-order valence-corrected chi connectivity index (χ1v) is 7.67. The van der Waals surface area contributed by atoms with Gasteiger partial charge >= 0.3 is 5.97 Å². The molecule has 3 nitrogen and oxygen atoms in total. The van der Waals surface area contributed by atoms with Gasteiger partial charge in [0, 0.05) is 22.7 Å². The lowest BCUT2D eigenvalue weighted by Crippen LogP contribution is -1.99. The van der Waals surface area contributed by atoms with Crippen LogP contribution in [0.5, 0.6) is 0 Å². The quantitative estimate of drug-likeness (QED) is 0.591. The minimum absolute atomic E-state index is 0.229. The maximum atomic E-state index is 14.2. The van der Waals surface area contributed by atoms with Gasteiger partial charge in [-0.25, -0.2) is 4.39 Å². The number of fused-ring (bicyclic) bond motifs is 1. The molecule has 0 fully saturated rings. The molecule has 3 aromatic rings. The van der Waals surface area contributed by atoms with Crippen molar-refractivity contribution >= 4 is 51.7 Å². The summed E-state index contributed by atoms with van der Waals surface area (Å²) in [6.45, 7) is 0. The predicted molar refractivity (Wildman–Crippen MR) is 90.1 cm³/mol. The molecule has 0 saturated carbocycles. The average molecular weight is 373 g/mol. The van der Waals surface area contributed by atoms with Crippen molar-refractivity contribution < 1.29 is 14.3 Å². The molecule has 0 radical (unpaired) electrons. The molecule has 0 spiro atoms. The molecule has 0 aliphatic heterocycles. The summed E-state index contributed by atoms with van der Waals surface area (Å²) >= 11 is 18.2. The van der Waals surface area contributed by atoms with Crippen LogP contribution in [0, 0.1) is 5.82 Å². The number of benzene rings is 2. The maximum Gasteiger partial charge on any atom is 0.307 e. The third-order valence-corrected chi connectivity index (χ3v) is 4.54. The van der Waals surface area contributed by atoms with Gasteiger partial charge in [0.2, 0.25) is 0 Å². The van der Waals surface area contributed by atoms with Gasteiger partial charge in [-0.15, -0.1) is 0 Å². The standard InChI is InChI=1S/C16H9Cl3FNO2/c17-10-5-12(19)11(18)4-9(10)8-1-2-13(20)15-7(3-14(22)23)6-21-16(8)15/h1-2,4-6,21H,3H2,(H,22,23). The summed E-state index contributed by atoms with van der Waals surface area (Å²) in [5, 5.41) is 10.2. The van der Waals surface area contributed by atoms with Crippen molar-refractivity contribution in [2.75, 3.05) is 0 Å². The number of hydrogen-bond acceptors (Lipinski definition) is 1. The number of carbonyl (C=O) groups is 1. The van der Waals surface area contributed by atoms with Gasteiger partial charge in [0.1, 0.15) is 5.82 Å². The van der Waals surface area contributed by atoms with Gasteiger partial charge in [-0.2, -0.15) is 0 Å². The molecule has 118 valence electrons. The summed E-state index contributed by atoms with van der Waals surface area (Å²) in [6, 6.07) is 5.94. The van der Waals surface area contributed by atoms with Crippen LogP contribution in [-0.4, -0.2) is 16.1 Å². The first-order valence-electron chi connectivity index (χ1n) is 6.53. The van der Waals surface area contributed by atoms with E-state index in [9.17, 15) is 9.18 Å². The molecule has 0 unspecified atom stereocenters. The Hall–Kier alpha value is -1.75. The van der Waals surface area contributed by atoms with Crippen molar-refractivity contribution in [3.8, 4) is 11.1 Å². The largest absolute Gasteiger partial charge is 0.481 e. The zero-order valence-electron chi connectivity index (χ0n) is 11.5. The van der Waals surface area contributed by atoms with Crippen LogP contribution in [0.4, 0.5) is 4.39 Å². The van der Waals surface area contributed by atoms with Crippen LogP contribution in [0.3, 0.4) is 0 Å². The predicted octanol–water partition coefficient (Wildman–Crippen LogP) is 5.56. The molecule has 0 aliphatic rings. The van der Waals surface area contributed by atoms with E-state index in [0.717, 1.165) is 0 Å². The van der Waals surface area contributed by atoms with Crippen molar-refractivity contribution in [1.29, 1.82) is 0 Å². The van der Waals surface area contributed by atoms with Crippen LogP contribution in [0.15, 0.2) is 30.5 Å². The Kier molecular flexibility index (Phi) is 4.23. The zero-order valence-corrected chi connectivity index (χ0v) is 13.7. The highest BCUT2D eigenvalue weighted by Gasteiger charge is 2.17. The van der Waals surface area contributed by atoms with E-state index < -0.39 is 11.8 Å². The van der Waals surface area contributed by atoms with E-state index in [1.165, 1.54) is 18.3 Å². The van der Waals surface area contributed by atoms with E-state index in [0.29, 0.717) is 37.3 Å². The molecule has 1 aromatic heterocycles. The molecule has 0 amide bonds. The zero-order chi connectivity index (χ0) is 16.7. The Morgan fingerprint density at radius 3 is 2.48 bits per heavy atom. The van der Waals surface area contributed by atoms with Crippen LogP contribution >= 0.6 is 34.8 Å². The Bertz CT molecular complexity index is 937. The Morgan fingerprint density at radius 2 is 1.78 bits per heavy atom. The fraction of sp³-hybridized carbons (Fsp3) is 0.0625. The summed E-state index contributed by atoms with van der Waals surface area (Å²) in [6.07, 6.45) is 1.20. The van der Waals surface area contributed by atoms with Gasteiger partial charge in [0.25, 0.3) is 0 Å². The molecule has 0 bridgehead atoms. The number of aromatic nitrogens is 1.